The number of hydrogen-bond acceptors (Lipinski definition) is 6. The molecular weight excluding hydrogens is 430 g/mol. The number of nitrogens with zero attached hydrogens (tertiary/aromatic N) is 1. The molecule has 9 nitrogen and oxygen atoms in total. The van der Waals surface area contributed by atoms with Crippen molar-refractivity contribution < 1.29 is 14.7 Å². The van der Waals surface area contributed by atoms with Gasteiger partial charge in [-0.2, -0.15) is 0 Å². The van der Waals surface area contributed by atoms with Gasteiger partial charge >= 0.3 is 5.97 Å². The Morgan fingerprint density at radius 1 is 1.16 bits per heavy atom. The number of aliphatic carboxylic acids is 1. The summed E-state index contributed by atoms with van der Waals surface area (Å²) in [7, 11) is 0. The van der Waals surface area contributed by atoms with Gasteiger partial charge < -0.3 is 21.5 Å². The Hall–Kier alpha value is -3.79. The van der Waals surface area contributed by atoms with Crippen LogP contribution in [0.25, 0.3) is 5.52 Å². The first-order valence-electron chi connectivity index (χ1n) is 9.79. The lowest BCUT2D eigenvalue weighted by Crippen LogP contribution is -2.34. The number of carboxylic acid groups (broad SMARTS) is 1. The molecule has 0 saturated carbocycles. The van der Waals surface area contributed by atoms with Crippen molar-refractivity contribution in [3.63, 3.8) is 0 Å². The zero-order valence-electron chi connectivity index (χ0n) is 17.1. The van der Waals surface area contributed by atoms with Crippen LogP contribution in [0.4, 0.5) is 5.69 Å². The minimum atomic E-state index is -1.06. The lowest BCUT2D eigenvalue weighted by molar-refractivity contribution is -0.137. The smallest absolute Gasteiger partial charge is 0.305 e. The van der Waals surface area contributed by atoms with Crippen LogP contribution in [0.1, 0.15) is 28.4 Å². The number of hydrogen-bond donors (Lipinski definition) is 5. The minimum absolute atomic E-state index is 0.0560. The third kappa shape index (κ3) is 5.88. The van der Waals surface area contributed by atoms with Gasteiger partial charge in [-0.3, -0.25) is 24.2 Å². The average Bonchev–Trinajstić information content (AvgIpc) is 2.76. The molecule has 0 fully saturated rings. The van der Waals surface area contributed by atoms with Gasteiger partial charge in [0.25, 0.3) is 11.5 Å². The third-order valence-corrected chi connectivity index (χ3v) is 5.39. The number of nitrogens with two attached hydrogens (primary N) is 1. The Balaban J connectivity index is 1.79. The van der Waals surface area contributed by atoms with Gasteiger partial charge in [-0.05, 0) is 29.8 Å². The van der Waals surface area contributed by atoms with Crippen LogP contribution in [-0.2, 0) is 4.79 Å². The summed E-state index contributed by atoms with van der Waals surface area (Å²) in [5.41, 5.74) is 6.76. The van der Waals surface area contributed by atoms with Gasteiger partial charge in [0.05, 0.1) is 18.0 Å². The van der Waals surface area contributed by atoms with E-state index in [-0.39, 0.29) is 17.2 Å². The molecular formula is C22H23N5O4S. The molecule has 0 aliphatic carbocycles. The molecule has 0 radical (unpaired) electrons. The van der Waals surface area contributed by atoms with Gasteiger partial charge in [0.1, 0.15) is 5.56 Å². The highest BCUT2D eigenvalue weighted by atomic mass is 32.2. The average molecular weight is 454 g/mol. The van der Waals surface area contributed by atoms with E-state index in [1.165, 1.54) is 22.2 Å². The van der Waals surface area contributed by atoms with E-state index in [9.17, 15) is 19.5 Å². The molecule has 10 heteroatoms. The van der Waals surface area contributed by atoms with Crippen LogP contribution in [0.2, 0.25) is 0 Å². The van der Waals surface area contributed by atoms with Crippen LogP contribution in [0.5, 0.6) is 0 Å². The topological polar surface area (TPSA) is 150 Å². The van der Waals surface area contributed by atoms with Crippen LogP contribution < -0.4 is 21.9 Å². The fraction of sp³-hybridized carbons (Fsp3) is 0.182. The Morgan fingerprint density at radius 2 is 1.91 bits per heavy atom. The number of amidine groups is 1. The van der Waals surface area contributed by atoms with Crippen molar-refractivity contribution in [2.45, 2.75) is 12.5 Å². The minimum Gasteiger partial charge on any atom is -0.481 e. The van der Waals surface area contributed by atoms with E-state index < -0.39 is 23.5 Å². The number of anilines is 1. The summed E-state index contributed by atoms with van der Waals surface area (Å²) in [5.74, 6) is -1.06. The molecule has 32 heavy (non-hydrogen) atoms. The van der Waals surface area contributed by atoms with Gasteiger partial charge in [-0.25, -0.2) is 0 Å². The van der Waals surface area contributed by atoms with E-state index >= 15 is 0 Å². The summed E-state index contributed by atoms with van der Waals surface area (Å²) < 4.78 is 1.36. The standard InChI is InChI=1S/C22H23N5O4S/c23-22(24)32-11-9-25-15-8-10-27-16(12-15)6-7-17(21(27)31)20(30)26-18(13-19(28)29)14-4-2-1-3-5-14/h1-8,10,12,18,25H,9,11,13H2,(H3,23,24)(H,26,30)(H,28,29). The number of pyridine rings is 2. The predicted octanol–water partition coefficient (Wildman–Crippen LogP) is 2.28. The van der Waals surface area contributed by atoms with Crippen LogP contribution in [-0.4, -0.2) is 38.8 Å². The number of rotatable bonds is 9. The van der Waals surface area contributed by atoms with E-state index in [1.807, 2.05) is 0 Å². The number of aromatic nitrogens is 1. The largest absolute Gasteiger partial charge is 0.481 e. The van der Waals surface area contributed by atoms with Crippen molar-refractivity contribution in [1.29, 1.82) is 5.41 Å². The molecule has 3 rings (SSSR count). The number of amides is 1. The maximum absolute atomic E-state index is 12.9. The number of nitrogens with one attached hydrogen (secondary N) is 3. The Labute approximate surface area is 188 Å². The number of carbonyl (C=O) groups excluding carboxylic acids is 1. The molecule has 1 unspecified atom stereocenters. The van der Waals surface area contributed by atoms with Crippen molar-refractivity contribution in [3.05, 3.63) is 82.3 Å². The Kier molecular flexibility index (Phi) is 7.50. The molecule has 2 aromatic heterocycles. The monoisotopic (exact) mass is 453 g/mol. The zero-order valence-corrected chi connectivity index (χ0v) is 17.9. The first kappa shape index (κ1) is 22.9. The normalized spacial score (nSPS) is 11.6. The summed E-state index contributed by atoms with van der Waals surface area (Å²) in [6, 6.07) is 14.6. The van der Waals surface area contributed by atoms with Crippen LogP contribution in [0.3, 0.4) is 0 Å². The van der Waals surface area contributed by atoms with Crippen molar-refractivity contribution in [1.82, 2.24) is 9.72 Å². The van der Waals surface area contributed by atoms with E-state index in [4.69, 9.17) is 11.1 Å². The summed E-state index contributed by atoms with van der Waals surface area (Å²) in [5, 5.41) is 22.3. The first-order valence-corrected chi connectivity index (χ1v) is 10.8. The van der Waals surface area contributed by atoms with Gasteiger partial charge in [-0.15, -0.1) is 0 Å². The molecule has 1 atom stereocenters. The summed E-state index contributed by atoms with van der Waals surface area (Å²) in [6.07, 6.45) is 1.27. The van der Waals surface area contributed by atoms with Gasteiger partial charge in [0, 0.05) is 24.2 Å². The Bertz CT molecular complexity index is 1200. The Morgan fingerprint density at radius 3 is 2.59 bits per heavy atom. The third-order valence-electron chi connectivity index (χ3n) is 4.67. The summed E-state index contributed by atoms with van der Waals surface area (Å²) in [4.78, 5) is 37.0. The van der Waals surface area contributed by atoms with Crippen molar-refractivity contribution >= 4 is 40.0 Å². The summed E-state index contributed by atoms with van der Waals surface area (Å²) in [6.45, 7) is 0.593. The highest BCUT2D eigenvalue weighted by Crippen LogP contribution is 2.17. The molecule has 0 bridgehead atoms. The van der Waals surface area contributed by atoms with Crippen molar-refractivity contribution in [2.75, 3.05) is 17.6 Å². The molecule has 6 N–H and O–H groups in total. The summed E-state index contributed by atoms with van der Waals surface area (Å²) >= 11 is 1.23. The van der Waals surface area contributed by atoms with Crippen molar-refractivity contribution in [2.24, 2.45) is 5.73 Å². The molecule has 0 aliphatic rings. The van der Waals surface area contributed by atoms with Crippen LogP contribution >= 0.6 is 11.8 Å². The second-order valence-electron chi connectivity index (χ2n) is 6.94. The van der Waals surface area contributed by atoms with Crippen molar-refractivity contribution in [3.8, 4) is 0 Å². The van der Waals surface area contributed by atoms with Gasteiger partial charge in [0.2, 0.25) is 0 Å². The van der Waals surface area contributed by atoms with Gasteiger partial charge in [0.15, 0.2) is 5.17 Å². The van der Waals surface area contributed by atoms with Crippen LogP contribution in [0, 0.1) is 5.41 Å². The lowest BCUT2D eigenvalue weighted by atomic mass is 10.0. The molecule has 0 saturated heterocycles. The molecule has 3 aromatic rings. The first-order chi connectivity index (χ1) is 15.3. The van der Waals surface area contributed by atoms with E-state index in [1.54, 1.807) is 54.7 Å². The second kappa shape index (κ2) is 10.5. The molecule has 1 amide bonds. The number of carbonyl (C=O) groups is 2. The van der Waals surface area contributed by atoms with Crippen LogP contribution in [0.15, 0.2) is 65.6 Å². The lowest BCUT2D eigenvalue weighted by Gasteiger charge is -2.17. The SMILES string of the molecule is N=C(N)SCCNc1ccn2c(=O)c(C(=O)NC(CC(=O)O)c3ccccc3)ccc2c1. The fourth-order valence-electron chi connectivity index (χ4n) is 3.19. The predicted molar refractivity (Wildman–Crippen MR) is 125 cm³/mol. The maximum atomic E-state index is 12.9. The van der Waals surface area contributed by atoms with E-state index in [2.05, 4.69) is 10.6 Å². The van der Waals surface area contributed by atoms with E-state index in [0.717, 1.165) is 5.69 Å². The second-order valence-corrected chi connectivity index (χ2v) is 8.07. The molecule has 2 heterocycles. The molecule has 1 aromatic carbocycles. The number of thioether (sulfide) groups is 1. The highest BCUT2D eigenvalue weighted by molar-refractivity contribution is 8.13. The number of carboxylic acids is 1. The number of benzene rings is 1. The highest BCUT2D eigenvalue weighted by Gasteiger charge is 2.21. The molecule has 166 valence electrons. The maximum Gasteiger partial charge on any atom is 0.305 e. The molecule has 0 spiro atoms. The quantitative estimate of drug-likeness (QED) is 0.189. The number of fused-ring (bicyclic) bond motifs is 1. The van der Waals surface area contributed by atoms with E-state index in [0.29, 0.717) is 23.4 Å². The zero-order chi connectivity index (χ0) is 23.1. The fourth-order valence-corrected chi connectivity index (χ4v) is 3.61. The molecule has 0 aliphatic heterocycles. The van der Waals surface area contributed by atoms with Gasteiger partial charge in [-0.1, -0.05) is 42.1 Å².